The Morgan fingerprint density at radius 3 is 2.79 bits per heavy atom. The molecule has 4 aromatic rings. The number of nitrogens with one attached hydrogen (secondary N) is 1. The normalized spacial score (nSPS) is 12.4. The predicted molar refractivity (Wildman–Crippen MR) is 110 cm³/mol. The number of hydrogen-bond donors (Lipinski definition) is 1. The lowest BCUT2D eigenvalue weighted by Crippen LogP contribution is -2.30. The van der Waals surface area contributed by atoms with Gasteiger partial charge in [0.1, 0.15) is 0 Å². The number of benzene rings is 1. The van der Waals surface area contributed by atoms with E-state index in [1.54, 1.807) is 28.1 Å². The van der Waals surface area contributed by atoms with E-state index in [1.807, 2.05) is 0 Å². The summed E-state index contributed by atoms with van der Waals surface area (Å²) in [4.78, 5) is 33.7. The Kier molecular flexibility index (Phi) is 4.90. The maximum atomic E-state index is 12.7. The number of hydrogen-bond acceptors (Lipinski definition) is 6. The highest BCUT2D eigenvalue weighted by Crippen LogP contribution is 2.39. The van der Waals surface area contributed by atoms with Crippen LogP contribution in [0.5, 0.6) is 0 Å². The van der Waals surface area contributed by atoms with Gasteiger partial charge in [0, 0.05) is 42.8 Å². The maximum Gasteiger partial charge on any atom is 0.294 e. The van der Waals surface area contributed by atoms with E-state index in [-0.39, 0.29) is 27.6 Å². The predicted octanol–water partition coefficient (Wildman–Crippen LogP) is 2.73. The van der Waals surface area contributed by atoms with Crippen molar-refractivity contribution in [2.45, 2.75) is 0 Å². The van der Waals surface area contributed by atoms with Crippen LogP contribution < -0.4 is 4.31 Å². The number of nitrogens with zero attached hydrogens (tertiary/aromatic N) is 4. The number of anilines is 2. The second-order valence-corrected chi connectivity index (χ2v) is 8.25. The average Bonchev–Trinajstić information content (AvgIpc) is 3.36. The molecular weight excluding hydrogens is 438 g/mol. The lowest BCUT2D eigenvalue weighted by atomic mass is 10.1. The van der Waals surface area contributed by atoms with Gasteiger partial charge < -0.3 is 14.4 Å². The molecule has 0 aliphatic carbocycles. The van der Waals surface area contributed by atoms with Crippen LogP contribution in [0, 0.1) is 0 Å². The van der Waals surface area contributed by atoms with Crippen LogP contribution >= 0.6 is 22.9 Å². The molecule has 150 valence electrons. The molecule has 1 N–H and O–H groups in total. The Morgan fingerprint density at radius 2 is 2.10 bits per heavy atom. The highest BCUT2D eigenvalue weighted by molar-refractivity contribution is 7.81. The molecule has 0 saturated carbocycles. The number of fused-ring (bicyclic) bond motifs is 2. The summed E-state index contributed by atoms with van der Waals surface area (Å²) in [5.41, 5.74) is 0.726. The molecule has 0 bridgehead atoms. The van der Waals surface area contributed by atoms with Crippen LogP contribution in [0.25, 0.3) is 15.9 Å². The molecule has 3 aromatic heterocycles. The summed E-state index contributed by atoms with van der Waals surface area (Å²) in [7, 11) is 2.93. The summed E-state index contributed by atoms with van der Waals surface area (Å²) in [6.45, 7) is 0. The minimum atomic E-state index is -2.79. The standard InChI is InChI=1S/C17H14ClN5O4S2/c1-21(2)16(25)13(24)9-8-19-10-4-3-5-11(12(9)10)23(29(26)27)15-14(18)20-17-22(15)6-7-28-17/h3-8,19H,1-2H3,(H,26,27)/p-1. The van der Waals surface area contributed by atoms with Gasteiger partial charge in [0.15, 0.2) is 15.9 Å². The van der Waals surface area contributed by atoms with Gasteiger partial charge in [-0.3, -0.25) is 22.5 Å². The van der Waals surface area contributed by atoms with Crippen molar-refractivity contribution >= 4 is 73.3 Å². The van der Waals surface area contributed by atoms with Gasteiger partial charge in [0.05, 0.1) is 22.5 Å². The molecule has 1 aromatic carbocycles. The van der Waals surface area contributed by atoms with E-state index < -0.39 is 23.0 Å². The van der Waals surface area contributed by atoms with Gasteiger partial charge in [0.25, 0.3) is 11.7 Å². The number of H-pyrrole nitrogens is 1. The number of imidazole rings is 1. The molecule has 1 unspecified atom stereocenters. The topological polar surface area (TPSA) is 114 Å². The van der Waals surface area contributed by atoms with Gasteiger partial charge in [0.2, 0.25) is 0 Å². The van der Waals surface area contributed by atoms with Crippen molar-refractivity contribution in [3.05, 3.63) is 46.7 Å². The number of amides is 1. The fraction of sp³-hybridized carbons (Fsp3) is 0.118. The van der Waals surface area contributed by atoms with Gasteiger partial charge in [-0.2, -0.15) is 0 Å². The van der Waals surface area contributed by atoms with Crippen molar-refractivity contribution in [2.24, 2.45) is 0 Å². The molecule has 0 aliphatic heterocycles. The summed E-state index contributed by atoms with van der Waals surface area (Å²) in [5, 5.41) is 2.03. The number of halogens is 1. The van der Waals surface area contributed by atoms with Gasteiger partial charge >= 0.3 is 0 Å². The fourth-order valence-corrected chi connectivity index (χ4v) is 4.72. The minimum absolute atomic E-state index is 0.00849. The quantitative estimate of drug-likeness (QED) is 0.285. The van der Waals surface area contributed by atoms with Crippen LogP contribution in [0.15, 0.2) is 36.0 Å². The minimum Gasteiger partial charge on any atom is -0.755 e. The second kappa shape index (κ2) is 7.26. The molecule has 0 spiro atoms. The third kappa shape index (κ3) is 3.12. The summed E-state index contributed by atoms with van der Waals surface area (Å²) in [6.07, 6.45) is 3.04. The molecule has 0 saturated heterocycles. The summed E-state index contributed by atoms with van der Waals surface area (Å²) in [6, 6.07) is 4.85. The van der Waals surface area contributed by atoms with Crippen LogP contribution in [0.3, 0.4) is 0 Å². The Hall–Kier alpha value is -2.73. The Bertz CT molecular complexity index is 1290. The molecule has 9 nitrogen and oxygen atoms in total. The molecule has 29 heavy (non-hydrogen) atoms. The number of likely N-dealkylation sites (N-methyl/N-ethyl adjacent to an activating group) is 1. The van der Waals surface area contributed by atoms with E-state index in [0.29, 0.717) is 10.5 Å². The van der Waals surface area contributed by atoms with Gasteiger partial charge in [-0.05, 0) is 12.1 Å². The smallest absolute Gasteiger partial charge is 0.294 e. The number of Topliss-reactive ketones (excluding diaryl/α,β-unsaturated/α-hetero) is 1. The third-order valence-electron chi connectivity index (χ3n) is 4.29. The number of ketones is 1. The molecule has 0 radical (unpaired) electrons. The first-order valence-electron chi connectivity index (χ1n) is 8.18. The van der Waals surface area contributed by atoms with Crippen LogP contribution in [-0.4, -0.2) is 53.8 Å². The molecule has 1 atom stereocenters. The van der Waals surface area contributed by atoms with Crippen molar-refractivity contribution in [1.29, 1.82) is 0 Å². The molecule has 4 rings (SSSR count). The van der Waals surface area contributed by atoms with Crippen molar-refractivity contribution in [3.63, 3.8) is 0 Å². The Morgan fingerprint density at radius 1 is 1.34 bits per heavy atom. The van der Waals surface area contributed by atoms with Crippen molar-refractivity contribution in [1.82, 2.24) is 19.3 Å². The largest absolute Gasteiger partial charge is 0.755 e. The number of carbonyl (C=O) groups is 2. The first kappa shape index (κ1) is 19.6. The summed E-state index contributed by atoms with van der Waals surface area (Å²) < 4.78 is 27.0. The zero-order valence-electron chi connectivity index (χ0n) is 15.1. The number of carbonyl (C=O) groups excluding carboxylic acids is 2. The highest BCUT2D eigenvalue weighted by atomic mass is 35.5. The fourth-order valence-electron chi connectivity index (χ4n) is 3.03. The number of rotatable bonds is 5. The molecule has 12 heteroatoms. The highest BCUT2D eigenvalue weighted by Gasteiger charge is 2.27. The molecular formula is C17H13ClN5O4S2-. The molecule has 0 aliphatic rings. The first-order chi connectivity index (χ1) is 13.8. The van der Waals surface area contributed by atoms with Crippen molar-refractivity contribution in [2.75, 3.05) is 18.4 Å². The van der Waals surface area contributed by atoms with E-state index >= 15 is 0 Å². The first-order valence-corrected chi connectivity index (χ1v) is 10.5. The molecule has 1 amide bonds. The van der Waals surface area contributed by atoms with Crippen LogP contribution in [0.2, 0.25) is 5.15 Å². The van der Waals surface area contributed by atoms with Gasteiger partial charge in [-0.15, -0.1) is 11.3 Å². The van der Waals surface area contributed by atoms with Gasteiger partial charge in [-0.1, -0.05) is 17.7 Å². The molecule has 0 fully saturated rings. The lowest BCUT2D eigenvalue weighted by Gasteiger charge is -2.26. The van der Waals surface area contributed by atoms with Gasteiger partial charge in [-0.25, -0.2) is 4.98 Å². The summed E-state index contributed by atoms with van der Waals surface area (Å²) in [5.74, 6) is -1.37. The number of aromatic nitrogens is 3. The monoisotopic (exact) mass is 450 g/mol. The van der Waals surface area contributed by atoms with Crippen LogP contribution in [0.4, 0.5) is 11.5 Å². The van der Waals surface area contributed by atoms with E-state index in [1.165, 1.54) is 37.7 Å². The Balaban J connectivity index is 1.99. The second-order valence-electron chi connectivity index (χ2n) is 6.22. The number of thiazole rings is 1. The lowest BCUT2D eigenvalue weighted by molar-refractivity contribution is -0.124. The van der Waals surface area contributed by atoms with E-state index in [2.05, 4.69) is 9.97 Å². The number of aromatic amines is 1. The van der Waals surface area contributed by atoms with Crippen LogP contribution in [-0.2, 0) is 16.1 Å². The maximum absolute atomic E-state index is 12.7. The Labute approximate surface area is 175 Å². The zero-order valence-corrected chi connectivity index (χ0v) is 17.5. The summed E-state index contributed by atoms with van der Waals surface area (Å²) >= 11 is 4.74. The molecule has 3 heterocycles. The van der Waals surface area contributed by atoms with E-state index in [4.69, 9.17) is 11.6 Å². The van der Waals surface area contributed by atoms with Crippen molar-refractivity contribution in [3.8, 4) is 0 Å². The van der Waals surface area contributed by atoms with Crippen molar-refractivity contribution < 1.29 is 18.4 Å². The van der Waals surface area contributed by atoms with E-state index in [9.17, 15) is 18.4 Å². The SMILES string of the molecule is CN(C)C(=O)C(=O)c1c[nH]c2cccc(N(c3c(Cl)nc4sccn34)S(=O)[O-])c12. The van der Waals surface area contributed by atoms with E-state index in [0.717, 1.165) is 9.21 Å². The zero-order chi connectivity index (χ0) is 20.9. The van der Waals surface area contributed by atoms with Crippen LogP contribution in [0.1, 0.15) is 10.4 Å². The average molecular weight is 451 g/mol. The third-order valence-corrected chi connectivity index (χ3v) is 5.96.